The van der Waals surface area contributed by atoms with Gasteiger partial charge >= 0.3 is 12.0 Å². The summed E-state index contributed by atoms with van der Waals surface area (Å²) in [5.41, 5.74) is 3.87. The number of fused-ring (bicyclic) bond motifs is 1. The molecule has 0 unspecified atom stereocenters. The Bertz CT molecular complexity index is 773. The van der Waals surface area contributed by atoms with Gasteiger partial charge in [0.05, 0.1) is 0 Å². The third-order valence-electron chi connectivity index (χ3n) is 7.41. The highest BCUT2D eigenvalue weighted by atomic mass is 16.4. The number of hydrogen-bond donors (Lipinski definition) is 1. The third-order valence-corrected chi connectivity index (χ3v) is 7.41. The molecular weight excluding hydrogens is 378 g/mol. The van der Waals surface area contributed by atoms with E-state index in [-0.39, 0.29) is 12.5 Å². The maximum absolute atomic E-state index is 13.2. The van der Waals surface area contributed by atoms with Crippen LogP contribution in [0.2, 0.25) is 0 Å². The largest absolute Gasteiger partial charge is 0.481 e. The molecule has 4 rings (SSSR count). The number of carbonyl (C=O) groups excluding carboxylic acids is 1. The molecule has 2 fully saturated rings. The van der Waals surface area contributed by atoms with E-state index in [9.17, 15) is 9.59 Å². The van der Waals surface area contributed by atoms with Crippen molar-refractivity contribution in [1.82, 2.24) is 9.80 Å². The first-order valence-corrected chi connectivity index (χ1v) is 11.7. The number of carbonyl (C=O) groups is 2. The Labute approximate surface area is 179 Å². The van der Waals surface area contributed by atoms with Crippen molar-refractivity contribution in [2.75, 3.05) is 37.6 Å². The van der Waals surface area contributed by atoms with Crippen LogP contribution in [-0.2, 0) is 17.6 Å². The molecule has 1 aromatic carbocycles. The maximum Gasteiger partial charge on any atom is 0.324 e. The Morgan fingerprint density at radius 2 is 1.77 bits per heavy atom. The molecule has 30 heavy (non-hydrogen) atoms. The van der Waals surface area contributed by atoms with E-state index < -0.39 is 5.97 Å². The molecule has 1 aromatic rings. The lowest BCUT2D eigenvalue weighted by Crippen LogP contribution is -2.41. The summed E-state index contributed by atoms with van der Waals surface area (Å²) in [5, 5.41) is 8.90. The first-order valence-electron chi connectivity index (χ1n) is 11.7. The van der Waals surface area contributed by atoms with E-state index >= 15 is 0 Å². The highest BCUT2D eigenvalue weighted by molar-refractivity contribution is 5.94. The average molecular weight is 414 g/mol. The van der Waals surface area contributed by atoms with Gasteiger partial charge in [0.25, 0.3) is 0 Å². The molecule has 3 aliphatic rings. The van der Waals surface area contributed by atoms with E-state index in [0.29, 0.717) is 12.0 Å². The molecule has 1 aliphatic carbocycles. The van der Waals surface area contributed by atoms with Crippen molar-refractivity contribution in [3.63, 3.8) is 0 Å². The topological polar surface area (TPSA) is 64.1 Å². The van der Waals surface area contributed by atoms with E-state index in [2.05, 4.69) is 34.9 Å². The minimum atomic E-state index is -0.703. The first kappa shape index (κ1) is 21.2. The normalized spacial score (nSPS) is 25.3. The highest BCUT2D eigenvalue weighted by Gasteiger charge is 2.36. The molecule has 1 saturated heterocycles. The summed E-state index contributed by atoms with van der Waals surface area (Å²) in [6.07, 6.45) is 7.26. The smallest absolute Gasteiger partial charge is 0.324 e. The molecule has 6 nitrogen and oxygen atoms in total. The van der Waals surface area contributed by atoms with Gasteiger partial charge in [0.15, 0.2) is 0 Å². The van der Waals surface area contributed by atoms with E-state index in [1.807, 2.05) is 4.90 Å². The van der Waals surface area contributed by atoms with Gasteiger partial charge in [-0.05, 0) is 80.7 Å². The number of aliphatic carboxylic acids is 1. The van der Waals surface area contributed by atoms with Crippen molar-refractivity contribution in [3.8, 4) is 0 Å². The summed E-state index contributed by atoms with van der Waals surface area (Å²) >= 11 is 0. The SMILES string of the molecule is CCN1CCc2ccc(N3CCN([C@H]4CC[C@H](CCC(=O)O)CC4)C3=O)cc2CC1. The van der Waals surface area contributed by atoms with Crippen molar-refractivity contribution in [1.29, 1.82) is 0 Å². The van der Waals surface area contributed by atoms with Gasteiger partial charge in [0.1, 0.15) is 0 Å². The van der Waals surface area contributed by atoms with Gasteiger partial charge in [-0.2, -0.15) is 0 Å². The fraction of sp³-hybridized carbons (Fsp3) is 0.667. The molecule has 0 aromatic heterocycles. The Morgan fingerprint density at radius 3 is 2.47 bits per heavy atom. The Kier molecular flexibility index (Phi) is 6.61. The standard InChI is InChI=1S/C24H35N3O3/c1-2-25-13-11-19-6-9-22(17-20(19)12-14-25)27-16-15-26(24(27)30)21-7-3-18(4-8-21)5-10-23(28)29/h6,9,17-18,21H,2-5,7-8,10-16H2,1H3,(H,28,29)/t18-,21-. The molecule has 0 radical (unpaired) electrons. The summed E-state index contributed by atoms with van der Waals surface area (Å²) in [5.74, 6) is -0.205. The monoisotopic (exact) mass is 413 g/mol. The van der Waals surface area contributed by atoms with Crippen LogP contribution in [0.15, 0.2) is 18.2 Å². The van der Waals surface area contributed by atoms with Crippen LogP contribution in [0.25, 0.3) is 0 Å². The van der Waals surface area contributed by atoms with E-state index in [1.54, 1.807) is 0 Å². The number of carboxylic acids is 1. The minimum absolute atomic E-state index is 0.146. The highest BCUT2D eigenvalue weighted by Crippen LogP contribution is 2.33. The zero-order valence-electron chi connectivity index (χ0n) is 18.2. The molecule has 1 N–H and O–H groups in total. The second kappa shape index (κ2) is 9.38. The van der Waals surface area contributed by atoms with Crippen molar-refractivity contribution < 1.29 is 14.7 Å². The summed E-state index contributed by atoms with van der Waals surface area (Å²) < 4.78 is 0. The van der Waals surface area contributed by atoms with E-state index in [4.69, 9.17) is 5.11 Å². The van der Waals surface area contributed by atoms with Gasteiger partial charge in [-0.1, -0.05) is 13.0 Å². The van der Waals surface area contributed by atoms with Gasteiger partial charge in [0, 0.05) is 44.3 Å². The Balaban J connectivity index is 1.36. The number of likely N-dealkylation sites (N-methyl/N-ethyl adjacent to an activating group) is 1. The fourth-order valence-electron chi connectivity index (χ4n) is 5.45. The van der Waals surface area contributed by atoms with Gasteiger partial charge in [0.2, 0.25) is 0 Å². The number of nitrogens with zero attached hydrogens (tertiary/aromatic N) is 3. The predicted octanol–water partition coefficient (Wildman–Crippen LogP) is 3.77. The number of carboxylic acid groups (broad SMARTS) is 1. The van der Waals surface area contributed by atoms with E-state index in [0.717, 1.165) is 83.4 Å². The van der Waals surface area contributed by atoms with Crippen LogP contribution in [-0.4, -0.2) is 65.7 Å². The number of benzene rings is 1. The van der Waals surface area contributed by atoms with Crippen molar-refractivity contribution >= 4 is 17.7 Å². The quantitative estimate of drug-likeness (QED) is 0.771. The van der Waals surface area contributed by atoms with Crippen molar-refractivity contribution in [2.45, 2.75) is 64.3 Å². The second-order valence-electron chi connectivity index (χ2n) is 9.12. The molecule has 1 saturated carbocycles. The lowest BCUT2D eigenvalue weighted by molar-refractivity contribution is -0.137. The lowest BCUT2D eigenvalue weighted by atomic mass is 9.83. The average Bonchev–Trinajstić information content (AvgIpc) is 3.01. The zero-order valence-corrected chi connectivity index (χ0v) is 18.2. The lowest BCUT2D eigenvalue weighted by Gasteiger charge is -2.34. The first-order chi connectivity index (χ1) is 14.5. The zero-order chi connectivity index (χ0) is 21.1. The summed E-state index contributed by atoms with van der Waals surface area (Å²) in [6.45, 7) is 7.09. The molecule has 164 valence electrons. The van der Waals surface area contributed by atoms with Crippen molar-refractivity contribution in [3.05, 3.63) is 29.3 Å². The molecule has 0 atom stereocenters. The Hall–Kier alpha value is -2.08. The van der Waals surface area contributed by atoms with Crippen LogP contribution in [0.4, 0.5) is 10.5 Å². The van der Waals surface area contributed by atoms with Gasteiger partial charge in [-0.3, -0.25) is 9.69 Å². The van der Waals surface area contributed by atoms with Crippen LogP contribution in [0.3, 0.4) is 0 Å². The van der Waals surface area contributed by atoms with Crippen LogP contribution in [0.1, 0.15) is 56.6 Å². The predicted molar refractivity (Wildman–Crippen MR) is 118 cm³/mol. The minimum Gasteiger partial charge on any atom is -0.481 e. The molecule has 2 amide bonds. The van der Waals surface area contributed by atoms with Crippen LogP contribution in [0, 0.1) is 5.92 Å². The summed E-state index contributed by atoms with van der Waals surface area (Å²) in [4.78, 5) is 30.5. The maximum atomic E-state index is 13.2. The number of hydrogen-bond acceptors (Lipinski definition) is 3. The van der Waals surface area contributed by atoms with Gasteiger partial charge in [-0.15, -0.1) is 0 Å². The van der Waals surface area contributed by atoms with Crippen LogP contribution >= 0.6 is 0 Å². The molecule has 2 aliphatic heterocycles. The fourth-order valence-corrected chi connectivity index (χ4v) is 5.45. The van der Waals surface area contributed by atoms with Gasteiger partial charge in [-0.25, -0.2) is 4.79 Å². The molecule has 2 heterocycles. The van der Waals surface area contributed by atoms with Crippen LogP contribution in [0.5, 0.6) is 0 Å². The Morgan fingerprint density at radius 1 is 1.03 bits per heavy atom. The molecule has 6 heteroatoms. The number of anilines is 1. The van der Waals surface area contributed by atoms with Gasteiger partial charge < -0.3 is 14.9 Å². The summed E-state index contributed by atoms with van der Waals surface area (Å²) in [6, 6.07) is 7.06. The molecule has 0 bridgehead atoms. The number of urea groups is 1. The molecule has 0 spiro atoms. The number of rotatable bonds is 6. The third kappa shape index (κ3) is 4.64. The second-order valence-corrected chi connectivity index (χ2v) is 9.12. The summed E-state index contributed by atoms with van der Waals surface area (Å²) in [7, 11) is 0. The number of amides is 2. The van der Waals surface area contributed by atoms with E-state index in [1.165, 1.54) is 11.1 Å². The van der Waals surface area contributed by atoms with Crippen molar-refractivity contribution in [2.24, 2.45) is 5.92 Å². The van der Waals surface area contributed by atoms with Crippen LogP contribution < -0.4 is 4.90 Å². The molecular formula is C24H35N3O3.